The van der Waals surface area contributed by atoms with Crippen molar-refractivity contribution in [3.05, 3.63) is 11.1 Å². The van der Waals surface area contributed by atoms with Gasteiger partial charge in [-0.3, -0.25) is 4.90 Å². The van der Waals surface area contributed by atoms with Crippen LogP contribution in [-0.2, 0) is 0 Å². The zero-order valence-corrected chi connectivity index (χ0v) is 9.78. The Balaban J connectivity index is 2.04. The van der Waals surface area contributed by atoms with Crippen LogP contribution in [0.3, 0.4) is 0 Å². The van der Waals surface area contributed by atoms with Crippen LogP contribution in [0.5, 0.6) is 0 Å². The van der Waals surface area contributed by atoms with Gasteiger partial charge in [-0.25, -0.2) is 0 Å². The van der Waals surface area contributed by atoms with Crippen LogP contribution < -0.4 is 0 Å². The summed E-state index contributed by atoms with van der Waals surface area (Å²) in [6.45, 7) is 6.29. The molecule has 1 heterocycles. The lowest BCUT2D eigenvalue weighted by atomic mass is 9.94. The summed E-state index contributed by atoms with van der Waals surface area (Å²) in [6.07, 6.45) is 8.53. The molecular weight excluding hydrogens is 226 g/mol. The number of hydrogen-bond acceptors (Lipinski definition) is 1. The highest BCUT2D eigenvalue weighted by Gasteiger charge is 2.42. The Morgan fingerprint density at radius 3 is 2.46 bits per heavy atom. The van der Waals surface area contributed by atoms with Crippen LogP contribution in [0.25, 0.3) is 0 Å². The SMILES string of the molecule is C=C(Br)CN1CCCC12CCCC2. The fourth-order valence-electron chi connectivity index (χ4n) is 3.05. The second-order valence-corrected chi connectivity index (χ2v) is 5.60. The van der Waals surface area contributed by atoms with E-state index in [1.165, 1.54) is 45.1 Å². The van der Waals surface area contributed by atoms with Crippen molar-refractivity contribution in [3.8, 4) is 0 Å². The van der Waals surface area contributed by atoms with E-state index in [1.807, 2.05) is 0 Å². The van der Waals surface area contributed by atoms with Crippen molar-refractivity contribution in [2.24, 2.45) is 0 Å². The Hall–Kier alpha value is 0.180. The van der Waals surface area contributed by atoms with Gasteiger partial charge in [-0.15, -0.1) is 0 Å². The number of halogens is 1. The molecule has 13 heavy (non-hydrogen) atoms. The van der Waals surface area contributed by atoms with Crippen molar-refractivity contribution in [2.45, 2.75) is 44.1 Å². The van der Waals surface area contributed by atoms with Gasteiger partial charge in [0.05, 0.1) is 0 Å². The number of hydrogen-bond donors (Lipinski definition) is 0. The number of nitrogens with zero attached hydrogens (tertiary/aromatic N) is 1. The van der Waals surface area contributed by atoms with E-state index in [-0.39, 0.29) is 0 Å². The lowest BCUT2D eigenvalue weighted by Crippen LogP contribution is -2.41. The molecule has 0 N–H and O–H groups in total. The van der Waals surface area contributed by atoms with Crippen molar-refractivity contribution in [3.63, 3.8) is 0 Å². The molecule has 1 spiro atoms. The number of rotatable bonds is 2. The average Bonchev–Trinajstić information content (AvgIpc) is 2.64. The van der Waals surface area contributed by atoms with E-state index in [0.29, 0.717) is 5.54 Å². The highest BCUT2D eigenvalue weighted by molar-refractivity contribution is 9.11. The Kier molecular flexibility index (Phi) is 2.80. The summed E-state index contributed by atoms with van der Waals surface area (Å²) in [5.74, 6) is 0. The van der Waals surface area contributed by atoms with Gasteiger partial charge in [0.2, 0.25) is 0 Å². The summed E-state index contributed by atoms with van der Waals surface area (Å²) in [5, 5.41) is 0. The topological polar surface area (TPSA) is 3.24 Å². The molecule has 2 fully saturated rings. The lowest BCUT2D eigenvalue weighted by Gasteiger charge is -2.34. The van der Waals surface area contributed by atoms with Crippen molar-refractivity contribution in [1.29, 1.82) is 0 Å². The first-order valence-electron chi connectivity index (χ1n) is 5.31. The van der Waals surface area contributed by atoms with Crippen molar-refractivity contribution in [1.82, 2.24) is 4.90 Å². The Bertz CT molecular complexity index is 201. The maximum atomic E-state index is 3.95. The standard InChI is InChI=1S/C11H18BrN/c1-10(12)9-13-8-4-7-11(13)5-2-3-6-11/h1-9H2. The quantitative estimate of drug-likeness (QED) is 0.720. The smallest absolute Gasteiger partial charge is 0.0299 e. The summed E-state index contributed by atoms with van der Waals surface area (Å²) in [4.78, 5) is 2.65. The van der Waals surface area contributed by atoms with Gasteiger partial charge in [-0.05, 0) is 32.2 Å². The van der Waals surface area contributed by atoms with Crippen LogP contribution in [0.2, 0.25) is 0 Å². The van der Waals surface area contributed by atoms with Crippen LogP contribution in [0.1, 0.15) is 38.5 Å². The minimum Gasteiger partial charge on any atom is -0.293 e. The largest absolute Gasteiger partial charge is 0.293 e. The molecule has 1 aliphatic carbocycles. The van der Waals surface area contributed by atoms with Gasteiger partial charge in [-0.2, -0.15) is 0 Å². The van der Waals surface area contributed by atoms with Crippen molar-refractivity contribution < 1.29 is 0 Å². The van der Waals surface area contributed by atoms with E-state index in [9.17, 15) is 0 Å². The van der Waals surface area contributed by atoms with E-state index >= 15 is 0 Å². The molecule has 0 aromatic heterocycles. The molecule has 1 aliphatic heterocycles. The summed E-state index contributed by atoms with van der Waals surface area (Å²) in [7, 11) is 0. The molecule has 0 aromatic rings. The van der Waals surface area contributed by atoms with Gasteiger partial charge in [0.1, 0.15) is 0 Å². The fraction of sp³-hybridized carbons (Fsp3) is 0.818. The first-order chi connectivity index (χ1) is 6.23. The number of likely N-dealkylation sites (tertiary alicyclic amines) is 1. The molecule has 0 aromatic carbocycles. The zero-order chi connectivity index (χ0) is 9.31. The van der Waals surface area contributed by atoms with Crippen molar-refractivity contribution in [2.75, 3.05) is 13.1 Å². The Labute approximate surface area is 89.3 Å². The predicted octanol–water partition coefficient (Wildman–Crippen LogP) is 3.30. The molecule has 2 rings (SSSR count). The average molecular weight is 244 g/mol. The van der Waals surface area contributed by atoms with Gasteiger partial charge in [0.15, 0.2) is 0 Å². The van der Waals surface area contributed by atoms with Crippen LogP contribution in [0, 0.1) is 0 Å². The molecular formula is C11H18BrN. The summed E-state index contributed by atoms with van der Waals surface area (Å²) in [6, 6.07) is 0. The summed E-state index contributed by atoms with van der Waals surface area (Å²) < 4.78 is 1.14. The van der Waals surface area contributed by atoms with E-state index in [2.05, 4.69) is 27.4 Å². The van der Waals surface area contributed by atoms with E-state index in [4.69, 9.17) is 0 Å². The molecule has 0 atom stereocenters. The molecule has 2 aliphatic rings. The van der Waals surface area contributed by atoms with Gasteiger partial charge < -0.3 is 0 Å². The normalized spacial score (nSPS) is 27.2. The summed E-state index contributed by atoms with van der Waals surface area (Å²) in [5.41, 5.74) is 0.580. The van der Waals surface area contributed by atoms with Crippen LogP contribution in [0.15, 0.2) is 11.1 Å². The van der Waals surface area contributed by atoms with Gasteiger partial charge in [0.25, 0.3) is 0 Å². The van der Waals surface area contributed by atoms with E-state index in [0.717, 1.165) is 11.0 Å². The lowest BCUT2D eigenvalue weighted by molar-refractivity contribution is 0.159. The Morgan fingerprint density at radius 1 is 1.23 bits per heavy atom. The maximum absolute atomic E-state index is 3.95. The molecule has 1 nitrogen and oxygen atoms in total. The molecule has 74 valence electrons. The van der Waals surface area contributed by atoms with Gasteiger partial charge >= 0.3 is 0 Å². The third-order valence-corrected chi connectivity index (χ3v) is 3.89. The third-order valence-electron chi connectivity index (χ3n) is 3.64. The molecule has 0 unspecified atom stereocenters. The fourth-order valence-corrected chi connectivity index (χ4v) is 3.35. The van der Waals surface area contributed by atoms with Crippen LogP contribution in [0.4, 0.5) is 0 Å². The highest BCUT2D eigenvalue weighted by Crippen LogP contribution is 2.43. The van der Waals surface area contributed by atoms with Gasteiger partial charge in [0, 0.05) is 16.6 Å². The molecule has 0 bridgehead atoms. The maximum Gasteiger partial charge on any atom is 0.0299 e. The first-order valence-corrected chi connectivity index (χ1v) is 6.11. The van der Waals surface area contributed by atoms with Crippen LogP contribution >= 0.6 is 15.9 Å². The second kappa shape index (κ2) is 3.74. The van der Waals surface area contributed by atoms with E-state index < -0.39 is 0 Å². The zero-order valence-electron chi connectivity index (χ0n) is 8.19. The van der Waals surface area contributed by atoms with Crippen molar-refractivity contribution >= 4 is 15.9 Å². The minimum absolute atomic E-state index is 0.580. The molecule has 1 saturated carbocycles. The molecule has 1 saturated heterocycles. The van der Waals surface area contributed by atoms with Crippen LogP contribution in [-0.4, -0.2) is 23.5 Å². The van der Waals surface area contributed by atoms with Gasteiger partial charge in [-0.1, -0.05) is 35.4 Å². The first kappa shape index (κ1) is 9.72. The minimum atomic E-state index is 0.580. The van der Waals surface area contributed by atoms with E-state index in [1.54, 1.807) is 0 Å². The Morgan fingerprint density at radius 2 is 1.85 bits per heavy atom. The molecule has 2 heteroatoms. The third kappa shape index (κ3) is 1.84. The summed E-state index contributed by atoms with van der Waals surface area (Å²) >= 11 is 3.48. The monoisotopic (exact) mass is 243 g/mol. The predicted molar refractivity (Wildman–Crippen MR) is 60.1 cm³/mol. The molecule has 0 amide bonds. The second-order valence-electron chi connectivity index (χ2n) is 4.47. The highest BCUT2D eigenvalue weighted by atomic mass is 79.9. The molecule has 0 radical (unpaired) electrons.